The fourth-order valence-corrected chi connectivity index (χ4v) is 9.31. The standard InChI is InChI=1S/C70H122O6/c1-4-7-10-13-16-18-20-22-24-26-28-30-32-33-34-35-36-37-39-40-42-44-46-48-50-52-54-57-60-63-69(72)75-66-67(65-74-68(71)62-59-56-15-12-9-6-3)76-70(73)64-61-58-55-53-51-49-47-45-43-41-38-31-29-27-25-23-21-19-17-14-11-8-5-2/h7,10,16,18,22,24,28,30,33-34,36-37,40,42,67H,4-6,8-9,11-15,17,19-21,23,25-27,29,31-32,35,38-39,41,43-66H2,1-3H3/b10-7-,18-16-,24-22-,30-28-,34-33-,37-36-,42-40-. The van der Waals surface area contributed by atoms with Gasteiger partial charge in [-0.2, -0.15) is 0 Å². The van der Waals surface area contributed by atoms with Crippen molar-refractivity contribution in [2.24, 2.45) is 0 Å². The molecule has 6 nitrogen and oxygen atoms in total. The summed E-state index contributed by atoms with van der Waals surface area (Å²) in [5.41, 5.74) is 0. The predicted octanol–water partition coefficient (Wildman–Crippen LogP) is 22.3. The molecule has 1 atom stereocenters. The number of rotatable bonds is 59. The molecular formula is C70H122O6. The van der Waals surface area contributed by atoms with E-state index in [2.05, 4.69) is 106 Å². The van der Waals surface area contributed by atoms with E-state index in [4.69, 9.17) is 14.2 Å². The molecule has 0 aliphatic rings. The molecule has 0 N–H and O–H groups in total. The number of hydrogen-bond acceptors (Lipinski definition) is 6. The van der Waals surface area contributed by atoms with Gasteiger partial charge in [0.05, 0.1) is 0 Å². The van der Waals surface area contributed by atoms with Crippen molar-refractivity contribution in [1.82, 2.24) is 0 Å². The Kier molecular flexibility index (Phi) is 61.2. The van der Waals surface area contributed by atoms with E-state index in [9.17, 15) is 14.4 Å². The third-order valence-corrected chi connectivity index (χ3v) is 14.2. The molecule has 438 valence electrons. The van der Waals surface area contributed by atoms with E-state index >= 15 is 0 Å². The highest BCUT2D eigenvalue weighted by Gasteiger charge is 2.19. The van der Waals surface area contributed by atoms with Crippen molar-refractivity contribution in [2.75, 3.05) is 13.2 Å². The molecule has 76 heavy (non-hydrogen) atoms. The fourth-order valence-electron chi connectivity index (χ4n) is 9.31. The van der Waals surface area contributed by atoms with Gasteiger partial charge in [0.15, 0.2) is 6.10 Å². The van der Waals surface area contributed by atoms with Gasteiger partial charge in [0.1, 0.15) is 13.2 Å². The van der Waals surface area contributed by atoms with Crippen LogP contribution in [0.4, 0.5) is 0 Å². The molecule has 0 saturated heterocycles. The van der Waals surface area contributed by atoms with Gasteiger partial charge in [-0.15, -0.1) is 0 Å². The zero-order valence-electron chi connectivity index (χ0n) is 50.3. The van der Waals surface area contributed by atoms with Crippen LogP contribution in [-0.4, -0.2) is 37.2 Å². The second-order valence-electron chi connectivity index (χ2n) is 21.7. The Morgan fingerprint density at radius 3 is 0.803 bits per heavy atom. The summed E-state index contributed by atoms with van der Waals surface area (Å²) in [5.74, 6) is -0.885. The van der Waals surface area contributed by atoms with Crippen LogP contribution < -0.4 is 0 Å². The molecule has 6 heteroatoms. The van der Waals surface area contributed by atoms with Gasteiger partial charge in [-0.25, -0.2) is 0 Å². The first kappa shape index (κ1) is 72.6. The van der Waals surface area contributed by atoms with E-state index in [0.29, 0.717) is 19.3 Å². The number of carbonyl (C=O) groups is 3. The van der Waals surface area contributed by atoms with E-state index in [1.165, 1.54) is 173 Å². The lowest BCUT2D eigenvalue weighted by Crippen LogP contribution is -2.30. The van der Waals surface area contributed by atoms with Gasteiger partial charge in [0, 0.05) is 19.3 Å². The quantitative estimate of drug-likeness (QED) is 0.0261. The summed E-state index contributed by atoms with van der Waals surface area (Å²) in [4.78, 5) is 38.0. The first-order chi connectivity index (χ1) is 37.5. The largest absolute Gasteiger partial charge is 0.462 e. The Morgan fingerprint density at radius 2 is 0.513 bits per heavy atom. The van der Waals surface area contributed by atoms with Crippen molar-refractivity contribution < 1.29 is 28.6 Å². The monoisotopic (exact) mass is 1060 g/mol. The number of carbonyl (C=O) groups excluding carboxylic acids is 3. The number of unbranched alkanes of at least 4 members (excludes halogenated alkanes) is 34. The predicted molar refractivity (Wildman–Crippen MR) is 330 cm³/mol. The summed E-state index contributed by atoms with van der Waals surface area (Å²) in [6.07, 6.45) is 84.9. The minimum atomic E-state index is -0.777. The molecular weight excluding hydrogens is 937 g/mol. The molecule has 0 aromatic rings. The summed E-state index contributed by atoms with van der Waals surface area (Å²) in [6, 6.07) is 0. The Morgan fingerprint density at radius 1 is 0.276 bits per heavy atom. The second-order valence-corrected chi connectivity index (χ2v) is 21.7. The second kappa shape index (κ2) is 64.1. The molecule has 0 aliphatic heterocycles. The molecule has 0 saturated carbocycles. The van der Waals surface area contributed by atoms with Crippen molar-refractivity contribution in [1.29, 1.82) is 0 Å². The number of allylic oxidation sites excluding steroid dienone is 14. The lowest BCUT2D eigenvalue weighted by molar-refractivity contribution is -0.167. The Bertz CT molecular complexity index is 1450. The highest BCUT2D eigenvalue weighted by atomic mass is 16.6. The SMILES string of the molecule is CC/C=C\C/C=C\C/C=C\C/C=C\C/C=C\C/C=C\C/C=C\CCCCCCCCCC(=O)OCC(COC(=O)CCCCCCCC)OC(=O)CCCCCCCCCCCCCCCCCCCCCCCCC. The van der Waals surface area contributed by atoms with Crippen molar-refractivity contribution in [2.45, 2.75) is 329 Å². The molecule has 1 unspecified atom stereocenters. The highest BCUT2D eigenvalue weighted by Crippen LogP contribution is 2.17. The van der Waals surface area contributed by atoms with Crippen LogP contribution in [0.2, 0.25) is 0 Å². The number of hydrogen-bond donors (Lipinski definition) is 0. The van der Waals surface area contributed by atoms with Gasteiger partial charge in [0.25, 0.3) is 0 Å². The van der Waals surface area contributed by atoms with Crippen LogP contribution in [-0.2, 0) is 28.6 Å². The van der Waals surface area contributed by atoms with Crippen molar-refractivity contribution >= 4 is 17.9 Å². The average molecular weight is 1060 g/mol. The van der Waals surface area contributed by atoms with E-state index in [-0.39, 0.29) is 31.1 Å². The topological polar surface area (TPSA) is 78.9 Å². The van der Waals surface area contributed by atoms with E-state index in [1.807, 2.05) is 0 Å². The third kappa shape index (κ3) is 61.4. The Balaban J connectivity index is 4.10. The summed E-state index contributed by atoms with van der Waals surface area (Å²) in [7, 11) is 0. The normalized spacial score (nSPS) is 12.6. The van der Waals surface area contributed by atoms with Crippen LogP contribution in [0.15, 0.2) is 85.1 Å². The molecule has 0 rings (SSSR count). The summed E-state index contributed by atoms with van der Waals surface area (Å²) in [5, 5.41) is 0. The maximum Gasteiger partial charge on any atom is 0.306 e. The number of esters is 3. The lowest BCUT2D eigenvalue weighted by atomic mass is 10.0. The van der Waals surface area contributed by atoms with Gasteiger partial charge < -0.3 is 14.2 Å². The highest BCUT2D eigenvalue weighted by molar-refractivity contribution is 5.71. The smallest absolute Gasteiger partial charge is 0.306 e. The summed E-state index contributed by atoms with van der Waals surface area (Å²) >= 11 is 0. The first-order valence-corrected chi connectivity index (χ1v) is 32.6. The molecule has 0 aliphatic carbocycles. The van der Waals surface area contributed by atoms with Gasteiger partial charge >= 0.3 is 17.9 Å². The van der Waals surface area contributed by atoms with Crippen LogP contribution in [0.3, 0.4) is 0 Å². The Labute approximate surface area is 471 Å². The van der Waals surface area contributed by atoms with Crippen LogP contribution in [0.25, 0.3) is 0 Å². The molecule has 0 amide bonds. The van der Waals surface area contributed by atoms with Crippen LogP contribution in [0.5, 0.6) is 0 Å². The molecule has 0 spiro atoms. The van der Waals surface area contributed by atoms with Crippen LogP contribution in [0.1, 0.15) is 323 Å². The molecule has 0 aromatic carbocycles. The minimum absolute atomic E-state index is 0.0770. The molecule has 0 bridgehead atoms. The summed E-state index contributed by atoms with van der Waals surface area (Å²) in [6.45, 7) is 6.49. The summed E-state index contributed by atoms with van der Waals surface area (Å²) < 4.78 is 16.8. The number of ether oxygens (including phenoxy) is 3. The molecule has 0 aromatic heterocycles. The van der Waals surface area contributed by atoms with Crippen LogP contribution in [0, 0.1) is 0 Å². The van der Waals surface area contributed by atoms with Crippen molar-refractivity contribution in [3.63, 3.8) is 0 Å². The maximum absolute atomic E-state index is 12.9. The minimum Gasteiger partial charge on any atom is -0.462 e. The van der Waals surface area contributed by atoms with Crippen LogP contribution >= 0.6 is 0 Å². The fraction of sp³-hybridized carbons (Fsp3) is 0.757. The van der Waals surface area contributed by atoms with Gasteiger partial charge in [-0.3, -0.25) is 14.4 Å². The van der Waals surface area contributed by atoms with E-state index in [1.54, 1.807) is 0 Å². The lowest BCUT2D eigenvalue weighted by Gasteiger charge is -2.18. The zero-order chi connectivity index (χ0) is 55.0. The van der Waals surface area contributed by atoms with Gasteiger partial charge in [-0.05, 0) is 77.0 Å². The van der Waals surface area contributed by atoms with E-state index in [0.717, 1.165) is 109 Å². The third-order valence-electron chi connectivity index (χ3n) is 14.2. The Hall–Kier alpha value is -3.41. The average Bonchev–Trinajstić information content (AvgIpc) is 3.42. The van der Waals surface area contributed by atoms with Crippen molar-refractivity contribution in [3.8, 4) is 0 Å². The van der Waals surface area contributed by atoms with E-state index < -0.39 is 6.10 Å². The van der Waals surface area contributed by atoms with Gasteiger partial charge in [0.2, 0.25) is 0 Å². The first-order valence-electron chi connectivity index (χ1n) is 32.6. The van der Waals surface area contributed by atoms with Gasteiger partial charge in [-0.1, -0.05) is 311 Å². The maximum atomic E-state index is 12.9. The molecule has 0 radical (unpaired) electrons. The molecule has 0 heterocycles. The van der Waals surface area contributed by atoms with Crippen molar-refractivity contribution in [3.05, 3.63) is 85.1 Å². The molecule has 0 fully saturated rings. The zero-order valence-corrected chi connectivity index (χ0v) is 50.3.